The molecule has 0 bridgehead atoms. The van der Waals surface area contributed by atoms with Crippen molar-refractivity contribution >= 4 is 9.90 Å². The van der Waals surface area contributed by atoms with E-state index in [0.717, 1.165) is 0 Å². The SMILES string of the molecule is P.[Co].[O]=[Co]. The van der Waals surface area contributed by atoms with E-state index in [4.69, 9.17) is 3.87 Å². The second-order valence-electron chi connectivity index (χ2n) is 0. The summed E-state index contributed by atoms with van der Waals surface area (Å²) >= 11 is 2.31. The maximum atomic E-state index is 7.94. The molecule has 4 heavy (non-hydrogen) atoms. The van der Waals surface area contributed by atoms with E-state index in [1.54, 1.807) is 0 Å². The average molecular weight is 168 g/mol. The standard InChI is InChI=1S/2Co.O.H3P/h;;;1H3. The minimum atomic E-state index is 0. The van der Waals surface area contributed by atoms with Crippen molar-refractivity contribution < 1.29 is 36.3 Å². The van der Waals surface area contributed by atoms with Gasteiger partial charge in [-0.2, -0.15) is 9.90 Å². The Kier molecular flexibility index (Phi) is 135. The molecule has 0 amide bonds. The zero-order valence-corrected chi connectivity index (χ0v) is 5.28. The zero-order valence-electron chi connectivity index (χ0n) is 1.78. The van der Waals surface area contributed by atoms with Crippen LogP contribution in [0.25, 0.3) is 0 Å². The molecule has 0 spiro atoms. The van der Waals surface area contributed by atoms with Crippen LogP contribution < -0.4 is 0 Å². The molecular formula is H3Co2OP. The summed E-state index contributed by atoms with van der Waals surface area (Å²) < 4.78 is 7.94. The van der Waals surface area contributed by atoms with Gasteiger partial charge in [-0.1, -0.05) is 0 Å². The Bertz CT molecular complexity index is 6.00. The topological polar surface area (TPSA) is 17.1 Å². The van der Waals surface area contributed by atoms with Crippen LogP contribution in [0.3, 0.4) is 0 Å². The van der Waals surface area contributed by atoms with Crippen molar-refractivity contribution in [3.8, 4) is 0 Å². The summed E-state index contributed by atoms with van der Waals surface area (Å²) in [5.41, 5.74) is 0. The molecule has 0 aromatic rings. The zero-order chi connectivity index (χ0) is 2.00. The Balaban J connectivity index is -0.00000000500. The van der Waals surface area contributed by atoms with Crippen LogP contribution in [0.1, 0.15) is 0 Å². The van der Waals surface area contributed by atoms with Crippen LogP contribution in [-0.4, -0.2) is 0 Å². The predicted molar refractivity (Wildman–Crippen MR) is 11.8 cm³/mol. The fourth-order valence-electron chi connectivity index (χ4n) is 0. The normalized spacial score (nSPS) is 1.25. The van der Waals surface area contributed by atoms with Gasteiger partial charge in [0.05, 0.1) is 0 Å². The van der Waals surface area contributed by atoms with E-state index in [0.29, 0.717) is 0 Å². The first-order valence-corrected chi connectivity index (χ1v) is 0.561. The fourth-order valence-corrected chi connectivity index (χ4v) is 0. The quantitative estimate of drug-likeness (QED) is 0.462. The molecule has 0 aromatic heterocycles. The Morgan fingerprint density at radius 1 is 1.25 bits per heavy atom. The van der Waals surface area contributed by atoms with Crippen LogP contribution in [0.2, 0.25) is 0 Å². The van der Waals surface area contributed by atoms with Gasteiger partial charge in [0.1, 0.15) is 0 Å². The molecule has 0 aliphatic carbocycles. The summed E-state index contributed by atoms with van der Waals surface area (Å²) in [6.45, 7) is 0. The van der Waals surface area contributed by atoms with Crippen LogP contribution in [0.4, 0.5) is 0 Å². The van der Waals surface area contributed by atoms with Gasteiger partial charge in [0.2, 0.25) is 0 Å². The molecule has 1 unspecified atom stereocenters. The van der Waals surface area contributed by atoms with Crippen LogP contribution in [-0.2, 0) is 36.3 Å². The van der Waals surface area contributed by atoms with E-state index < -0.39 is 0 Å². The molecule has 1 nitrogen and oxygen atoms in total. The summed E-state index contributed by atoms with van der Waals surface area (Å²) in [6.07, 6.45) is 0. The number of hydrogen-bond donors (Lipinski definition) is 0. The third-order valence-electron chi connectivity index (χ3n) is 0. The van der Waals surface area contributed by atoms with Crippen molar-refractivity contribution in [2.24, 2.45) is 0 Å². The van der Waals surface area contributed by atoms with Gasteiger partial charge in [0.25, 0.3) is 0 Å². The Morgan fingerprint density at radius 3 is 1.25 bits per heavy atom. The Hall–Kier alpha value is 1.24. The van der Waals surface area contributed by atoms with E-state index in [2.05, 4.69) is 15.7 Å². The van der Waals surface area contributed by atoms with E-state index in [1.807, 2.05) is 0 Å². The molecule has 0 aromatic carbocycles. The molecular weight excluding hydrogens is 165 g/mol. The summed E-state index contributed by atoms with van der Waals surface area (Å²) in [4.78, 5) is 0. The van der Waals surface area contributed by atoms with Gasteiger partial charge < -0.3 is 0 Å². The van der Waals surface area contributed by atoms with Gasteiger partial charge in [0.15, 0.2) is 0 Å². The third-order valence-corrected chi connectivity index (χ3v) is 0. The van der Waals surface area contributed by atoms with Crippen molar-refractivity contribution in [1.29, 1.82) is 0 Å². The Labute approximate surface area is 46.5 Å². The van der Waals surface area contributed by atoms with Crippen LogP contribution in [0, 0.1) is 0 Å². The van der Waals surface area contributed by atoms with Gasteiger partial charge in [-0.15, -0.1) is 0 Å². The van der Waals surface area contributed by atoms with Crippen LogP contribution in [0.5, 0.6) is 0 Å². The molecule has 0 saturated heterocycles. The van der Waals surface area contributed by atoms with Gasteiger partial charge in [-0.25, -0.2) is 0 Å². The monoisotopic (exact) mass is 168 g/mol. The van der Waals surface area contributed by atoms with Crippen LogP contribution >= 0.6 is 9.90 Å². The molecule has 0 aliphatic rings. The number of hydrogen-bond acceptors (Lipinski definition) is 1. The van der Waals surface area contributed by atoms with Crippen molar-refractivity contribution in [2.45, 2.75) is 0 Å². The molecule has 1 atom stereocenters. The summed E-state index contributed by atoms with van der Waals surface area (Å²) in [7, 11) is 0. The second-order valence-corrected chi connectivity index (χ2v) is 0. The van der Waals surface area contributed by atoms with Gasteiger partial charge >= 0.3 is 19.5 Å². The second kappa shape index (κ2) is 28.9. The molecule has 0 fully saturated rings. The van der Waals surface area contributed by atoms with Gasteiger partial charge in [-0.05, 0) is 0 Å². The summed E-state index contributed by atoms with van der Waals surface area (Å²) in [5.74, 6) is 0. The number of rotatable bonds is 0. The minimum absolute atomic E-state index is 0. The van der Waals surface area contributed by atoms with E-state index in [-0.39, 0.29) is 26.7 Å². The molecule has 32 valence electrons. The molecule has 0 heterocycles. The fraction of sp³-hybridized carbons (Fsp3) is 0. The first-order chi connectivity index (χ1) is 1.00. The van der Waals surface area contributed by atoms with Gasteiger partial charge in [-0.3, -0.25) is 0 Å². The molecule has 0 saturated carbocycles. The van der Waals surface area contributed by atoms with Crippen molar-refractivity contribution in [2.75, 3.05) is 0 Å². The molecule has 4 heteroatoms. The van der Waals surface area contributed by atoms with E-state index >= 15 is 0 Å². The first kappa shape index (κ1) is 18.8. The first-order valence-electron chi connectivity index (χ1n) is 0.136. The van der Waals surface area contributed by atoms with Crippen LogP contribution in [0.15, 0.2) is 0 Å². The Morgan fingerprint density at radius 2 is 1.25 bits per heavy atom. The molecule has 0 rings (SSSR count). The maximum absolute atomic E-state index is 7.94. The van der Waals surface area contributed by atoms with E-state index in [9.17, 15) is 0 Å². The molecule has 0 aliphatic heterocycles. The van der Waals surface area contributed by atoms with Crippen molar-refractivity contribution in [1.82, 2.24) is 0 Å². The molecule has 1 radical (unpaired) electrons. The average Bonchev–Trinajstić information content (AvgIpc) is 1.00. The van der Waals surface area contributed by atoms with Gasteiger partial charge in [0, 0.05) is 16.8 Å². The predicted octanol–water partition coefficient (Wildman–Crippen LogP) is -0.0657. The van der Waals surface area contributed by atoms with E-state index in [1.165, 1.54) is 0 Å². The molecule has 0 N–H and O–H groups in total. The summed E-state index contributed by atoms with van der Waals surface area (Å²) in [5, 5.41) is 0. The van der Waals surface area contributed by atoms with Crippen molar-refractivity contribution in [3.63, 3.8) is 0 Å². The van der Waals surface area contributed by atoms with Crippen molar-refractivity contribution in [3.05, 3.63) is 0 Å². The summed E-state index contributed by atoms with van der Waals surface area (Å²) in [6, 6.07) is 0. The third kappa shape index (κ3) is 10.6.